The van der Waals surface area contributed by atoms with E-state index in [1.807, 2.05) is 6.07 Å². The summed E-state index contributed by atoms with van der Waals surface area (Å²) in [4.78, 5) is 12.1. The monoisotopic (exact) mass is 293 g/mol. The molecule has 22 heavy (non-hydrogen) atoms. The first-order chi connectivity index (χ1) is 10.4. The van der Waals surface area contributed by atoms with E-state index in [0.29, 0.717) is 6.42 Å². The second-order valence-corrected chi connectivity index (χ2v) is 7.21. The molecule has 0 fully saturated rings. The Morgan fingerprint density at radius 2 is 1.77 bits per heavy atom. The van der Waals surface area contributed by atoms with Crippen LogP contribution in [-0.2, 0) is 10.2 Å². The van der Waals surface area contributed by atoms with Crippen LogP contribution in [0.5, 0.6) is 0 Å². The van der Waals surface area contributed by atoms with Gasteiger partial charge in [0.25, 0.3) is 0 Å². The van der Waals surface area contributed by atoms with Gasteiger partial charge in [0, 0.05) is 18.0 Å². The summed E-state index contributed by atoms with van der Waals surface area (Å²) in [6.07, 6.45) is 0.519. The smallest absolute Gasteiger partial charge is 0.225 e. The van der Waals surface area contributed by atoms with Crippen LogP contribution in [0.4, 0.5) is 5.69 Å². The van der Waals surface area contributed by atoms with Crippen molar-refractivity contribution in [3.63, 3.8) is 0 Å². The van der Waals surface area contributed by atoms with E-state index in [9.17, 15) is 4.79 Å². The van der Waals surface area contributed by atoms with E-state index in [1.54, 1.807) is 0 Å². The first-order valence-corrected chi connectivity index (χ1v) is 7.86. The van der Waals surface area contributed by atoms with Crippen LogP contribution in [0.3, 0.4) is 0 Å². The number of amides is 1. The number of anilines is 1. The van der Waals surface area contributed by atoms with Crippen molar-refractivity contribution in [1.82, 2.24) is 0 Å². The fourth-order valence-corrected chi connectivity index (χ4v) is 3.18. The van der Waals surface area contributed by atoms with Gasteiger partial charge in [-0.2, -0.15) is 0 Å². The second-order valence-electron chi connectivity index (χ2n) is 7.21. The molecule has 2 nitrogen and oxygen atoms in total. The fourth-order valence-electron chi connectivity index (χ4n) is 3.18. The predicted molar refractivity (Wildman–Crippen MR) is 91.4 cm³/mol. The lowest BCUT2D eigenvalue weighted by molar-refractivity contribution is -0.116. The Balaban J connectivity index is 2.15. The topological polar surface area (TPSA) is 29.1 Å². The minimum atomic E-state index is 0.101. The zero-order valence-corrected chi connectivity index (χ0v) is 13.7. The summed E-state index contributed by atoms with van der Waals surface area (Å²) >= 11 is 0. The number of hydrogen-bond donors (Lipinski definition) is 1. The highest BCUT2D eigenvalue weighted by atomic mass is 16.1. The molecular weight excluding hydrogens is 270 g/mol. The summed E-state index contributed by atoms with van der Waals surface area (Å²) < 4.78 is 0. The van der Waals surface area contributed by atoms with E-state index in [0.717, 1.165) is 5.69 Å². The van der Waals surface area contributed by atoms with Crippen molar-refractivity contribution in [2.75, 3.05) is 5.32 Å². The maximum atomic E-state index is 12.1. The molecule has 114 valence electrons. The second kappa shape index (κ2) is 5.28. The number of carbonyl (C=O) groups is 1. The molecule has 0 radical (unpaired) electrons. The molecular formula is C20H23NO. The summed E-state index contributed by atoms with van der Waals surface area (Å²) in [6.45, 7) is 8.78. The Bertz CT molecular complexity index is 725. The van der Waals surface area contributed by atoms with Crippen molar-refractivity contribution in [3.8, 4) is 0 Å². The maximum Gasteiger partial charge on any atom is 0.225 e. The Morgan fingerprint density at radius 3 is 2.45 bits per heavy atom. The van der Waals surface area contributed by atoms with E-state index in [-0.39, 0.29) is 17.2 Å². The zero-order valence-electron chi connectivity index (χ0n) is 13.7. The highest BCUT2D eigenvalue weighted by Gasteiger charge is 2.28. The highest BCUT2D eigenvalue weighted by molar-refractivity contribution is 5.95. The molecule has 1 aliphatic heterocycles. The Kier molecular flexibility index (Phi) is 3.56. The molecule has 2 heteroatoms. The first kappa shape index (κ1) is 14.8. The SMILES string of the molecule is Cc1ccccc1C1CC(=O)Nc2ccc(C(C)(C)C)cc21. The lowest BCUT2D eigenvalue weighted by Crippen LogP contribution is -2.25. The van der Waals surface area contributed by atoms with Gasteiger partial charge in [-0.25, -0.2) is 0 Å². The van der Waals surface area contributed by atoms with Crippen molar-refractivity contribution in [2.24, 2.45) is 0 Å². The van der Waals surface area contributed by atoms with E-state index in [2.05, 4.69) is 69.4 Å². The number of fused-ring (bicyclic) bond motifs is 1. The van der Waals surface area contributed by atoms with Gasteiger partial charge in [0.05, 0.1) is 0 Å². The molecule has 3 rings (SSSR count). The average Bonchev–Trinajstić information content (AvgIpc) is 2.45. The van der Waals surface area contributed by atoms with Gasteiger partial charge in [0.2, 0.25) is 5.91 Å². The third-order valence-corrected chi connectivity index (χ3v) is 4.52. The molecule has 0 saturated heterocycles. The van der Waals surface area contributed by atoms with Crippen molar-refractivity contribution < 1.29 is 4.79 Å². The van der Waals surface area contributed by atoms with Gasteiger partial charge in [-0.05, 0) is 40.7 Å². The van der Waals surface area contributed by atoms with Crippen LogP contribution in [0, 0.1) is 6.92 Å². The standard InChI is InChI=1S/C20H23NO/c1-13-7-5-6-8-15(13)16-12-19(22)21-18-10-9-14(11-17(16)18)20(2,3)4/h5-11,16H,12H2,1-4H3,(H,21,22). The molecule has 2 aromatic carbocycles. The molecule has 2 aromatic rings. The summed E-state index contributed by atoms with van der Waals surface area (Å²) in [5, 5.41) is 3.02. The van der Waals surface area contributed by atoms with Crippen LogP contribution in [0.15, 0.2) is 42.5 Å². The third-order valence-electron chi connectivity index (χ3n) is 4.52. The zero-order chi connectivity index (χ0) is 15.9. The van der Waals surface area contributed by atoms with Crippen LogP contribution in [0.25, 0.3) is 0 Å². The predicted octanol–water partition coefficient (Wildman–Crippen LogP) is 4.77. The summed E-state index contributed by atoms with van der Waals surface area (Å²) in [5.74, 6) is 0.247. The lowest BCUT2D eigenvalue weighted by Gasteiger charge is -2.29. The van der Waals surface area contributed by atoms with Crippen LogP contribution in [-0.4, -0.2) is 5.91 Å². The molecule has 1 aliphatic rings. The van der Waals surface area contributed by atoms with Crippen molar-refractivity contribution in [1.29, 1.82) is 0 Å². The largest absolute Gasteiger partial charge is 0.326 e. The van der Waals surface area contributed by atoms with Crippen LogP contribution in [0.2, 0.25) is 0 Å². The third kappa shape index (κ3) is 2.66. The number of benzene rings is 2. The number of hydrogen-bond acceptors (Lipinski definition) is 1. The average molecular weight is 293 g/mol. The molecule has 0 aliphatic carbocycles. The highest BCUT2D eigenvalue weighted by Crippen LogP contribution is 2.40. The molecule has 1 atom stereocenters. The van der Waals surface area contributed by atoms with Crippen molar-refractivity contribution >= 4 is 11.6 Å². The van der Waals surface area contributed by atoms with E-state index >= 15 is 0 Å². The Morgan fingerprint density at radius 1 is 1.05 bits per heavy atom. The Labute approximate surface area is 132 Å². The van der Waals surface area contributed by atoms with Crippen LogP contribution in [0.1, 0.15) is 55.4 Å². The number of carbonyl (C=O) groups excluding carboxylic acids is 1. The minimum absolute atomic E-state index is 0.101. The lowest BCUT2D eigenvalue weighted by atomic mass is 9.79. The quantitative estimate of drug-likeness (QED) is 0.806. The van der Waals surface area contributed by atoms with E-state index in [4.69, 9.17) is 0 Å². The maximum absolute atomic E-state index is 12.1. The fraction of sp³-hybridized carbons (Fsp3) is 0.350. The van der Waals surface area contributed by atoms with Gasteiger partial charge in [0.1, 0.15) is 0 Å². The van der Waals surface area contributed by atoms with Crippen molar-refractivity contribution in [3.05, 3.63) is 64.7 Å². The number of rotatable bonds is 1. The summed E-state index contributed by atoms with van der Waals surface area (Å²) in [7, 11) is 0. The summed E-state index contributed by atoms with van der Waals surface area (Å²) in [5.41, 5.74) is 6.10. The van der Waals surface area contributed by atoms with Gasteiger partial charge in [-0.3, -0.25) is 4.79 Å². The first-order valence-electron chi connectivity index (χ1n) is 7.86. The minimum Gasteiger partial charge on any atom is -0.326 e. The molecule has 1 unspecified atom stereocenters. The van der Waals surface area contributed by atoms with Crippen LogP contribution < -0.4 is 5.32 Å². The molecule has 0 saturated carbocycles. The van der Waals surface area contributed by atoms with Gasteiger partial charge >= 0.3 is 0 Å². The molecule has 0 bridgehead atoms. The van der Waals surface area contributed by atoms with E-state index in [1.165, 1.54) is 22.3 Å². The molecule has 1 amide bonds. The van der Waals surface area contributed by atoms with Gasteiger partial charge in [-0.1, -0.05) is 57.2 Å². The molecule has 1 N–H and O–H groups in total. The Hall–Kier alpha value is -2.09. The van der Waals surface area contributed by atoms with Gasteiger partial charge in [-0.15, -0.1) is 0 Å². The molecule has 0 aromatic heterocycles. The van der Waals surface area contributed by atoms with Crippen molar-refractivity contribution in [2.45, 2.75) is 45.4 Å². The summed E-state index contributed by atoms with van der Waals surface area (Å²) in [6, 6.07) is 14.8. The molecule has 1 heterocycles. The van der Waals surface area contributed by atoms with Gasteiger partial charge < -0.3 is 5.32 Å². The number of aryl methyl sites for hydroxylation is 1. The normalized spacial score (nSPS) is 17.8. The van der Waals surface area contributed by atoms with E-state index < -0.39 is 0 Å². The van der Waals surface area contributed by atoms with Crippen LogP contribution >= 0.6 is 0 Å². The number of nitrogens with one attached hydrogen (secondary N) is 1. The molecule has 0 spiro atoms. The van der Waals surface area contributed by atoms with Gasteiger partial charge in [0.15, 0.2) is 0 Å².